The van der Waals surface area contributed by atoms with Gasteiger partial charge in [-0.1, -0.05) is 79.2 Å². The fraction of sp³-hybridized carbons (Fsp3) is 0.872. The largest absolute Gasteiger partial charge is 0.481 e. The molecule has 268 valence electrons. The Morgan fingerprint density at radius 2 is 1.70 bits per heavy atom. The monoisotopic (exact) mass is 660 g/mol. The molecule has 1 unspecified atom stereocenters. The maximum absolute atomic E-state index is 13.7. The van der Waals surface area contributed by atoms with Gasteiger partial charge in [-0.2, -0.15) is 0 Å². The van der Waals surface area contributed by atoms with Crippen molar-refractivity contribution in [2.75, 3.05) is 6.61 Å². The minimum absolute atomic E-state index is 0.000185. The van der Waals surface area contributed by atoms with E-state index in [1.54, 1.807) is 0 Å². The Hall–Kier alpha value is -1.29. The second kappa shape index (κ2) is 12.5. The van der Waals surface area contributed by atoms with Crippen LogP contribution in [-0.2, 0) is 14.3 Å². The van der Waals surface area contributed by atoms with Crippen LogP contribution in [0.1, 0.15) is 114 Å². The highest BCUT2D eigenvalue weighted by molar-refractivity contribution is 5.78. The third-order valence-corrected chi connectivity index (χ3v) is 15.5. The smallest absolute Gasteiger partial charge is 0.310 e. The number of ether oxygens (including phenoxy) is 2. The van der Waals surface area contributed by atoms with Crippen molar-refractivity contribution >= 4 is 5.97 Å². The topological polar surface area (TPSA) is 137 Å². The Morgan fingerprint density at radius 3 is 2.30 bits per heavy atom. The molecule has 1 heterocycles. The van der Waals surface area contributed by atoms with E-state index >= 15 is 0 Å². The number of rotatable bonds is 9. The van der Waals surface area contributed by atoms with Crippen LogP contribution in [0.3, 0.4) is 0 Å². The predicted octanol–water partition coefficient (Wildman–Crippen LogP) is 6.11. The molecule has 3 saturated carbocycles. The zero-order valence-corrected chi connectivity index (χ0v) is 30.5. The Bertz CT molecular complexity index is 1240. The van der Waals surface area contributed by atoms with Crippen molar-refractivity contribution in [2.45, 2.75) is 150 Å². The first-order valence-corrected chi connectivity index (χ1v) is 18.3. The molecule has 0 aromatic carbocycles. The summed E-state index contributed by atoms with van der Waals surface area (Å²) in [6.07, 6.45) is 2.37. The van der Waals surface area contributed by atoms with E-state index in [4.69, 9.17) is 9.47 Å². The molecule has 14 atom stereocenters. The zero-order valence-electron chi connectivity index (χ0n) is 30.5. The first-order chi connectivity index (χ1) is 21.7. The summed E-state index contributed by atoms with van der Waals surface area (Å²) in [5, 5.41) is 52.3. The third-order valence-electron chi connectivity index (χ3n) is 15.5. The minimum atomic E-state index is -1.48. The lowest BCUT2D eigenvalue weighted by molar-refractivity contribution is -0.326. The Morgan fingerprint density at radius 1 is 1.04 bits per heavy atom. The number of aliphatic hydroxyl groups excluding tert-OH is 4. The molecular weight excluding hydrogens is 596 g/mol. The molecule has 0 aromatic rings. The average molecular weight is 661 g/mol. The van der Waals surface area contributed by atoms with Crippen LogP contribution < -0.4 is 0 Å². The van der Waals surface area contributed by atoms with Gasteiger partial charge in [-0.25, -0.2) is 0 Å². The van der Waals surface area contributed by atoms with Gasteiger partial charge in [-0.3, -0.25) is 4.79 Å². The second-order valence-electron chi connectivity index (χ2n) is 18.1. The van der Waals surface area contributed by atoms with Crippen molar-refractivity contribution in [3.63, 3.8) is 0 Å². The van der Waals surface area contributed by atoms with Gasteiger partial charge in [0, 0.05) is 0 Å². The SMILES string of the molecule is C=C(C)C(C)(C)C(C)C[C@@H](C)[C@H]1CC[C@@]2(C(=O)O)[C@@H]3CC[C@H]4C(C)(C)[C@@H](O[C@@H]5O[C@H](CO)[C@@H](O)[C@H](O)[C@H]5O)CC[C@]4(C)C3=CC[C@]12C. The van der Waals surface area contributed by atoms with Gasteiger partial charge < -0.3 is 35.0 Å². The normalized spacial score (nSPS) is 46.0. The highest BCUT2D eigenvalue weighted by Crippen LogP contribution is 2.73. The van der Waals surface area contributed by atoms with E-state index in [0.717, 1.165) is 44.9 Å². The third kappa shape index (κ3) is 5.42. The molecule has 8 heteroatoms. The summed E-state index contributed by atoms with van der Waals surface area (Å²) < 4.78 is 12.2. The molecule has 1 aliphatic heterocycles. The summed E-state index contributed by atoms with van der Waals surface area (Å²) in [5.41, 5.74) is 0.928. The van der Waals surface area contributed by atoms with Gasteiger partial charge in [0.15, 0.2) is 6.29 Å². The van der Waals surface area contributed by atoms with Gasteiger partial charge in [0.05, 0.1) is 18.1 Å². The molecule has 5 N–H and O–H groups in total. The van der Waals surface area contributed by atoms with Crippen molar-refractivity contribution in [1.82, 2.24) is 0 Å². The van der Waals surface area contributed by atoms with Crippen LogP contribution >= 0.6 is 0 Å². The number of allylic oxidation sites excluding steroid dienone is 3. The molecule has 5 aliphatic rings. The molecule has 0 amide bonds. The maximum Gasteiger partial charge on any atom is 0.310 e. The highest BCUT2D eigenvalue weighted by Gasteiger charge is 2.70. The first-order valence-electron chi connectivity index (χ1n) is 18.3. The number of aliphatic hydroxyl groups is 4. The maximum atomic E-state index is 13.7. The molecule has 0 aromatic heterocycles. The van der Waals surface area contributed by atoms with Crippen molar-refractivity contribution in [1.29, 1.82) is 0 Å². The van der Waals surface area contributed by atoms with E-state index in [1.165, 1.54) is 11.1 Å². The van der Waals surface area contributed by atoms with E-state index in [1.807, 2.05) is 0 Å². The number of hydrogen-bond acceptors (Lipinski definition) is 7. The zero-order chi connectivity index (χ0) is 35.1. The summed E-state index contributed by atoms with van der Waals surface area (Å²) in [7, 11) is 0. The number of aliphatic carboxylic acids is 1. The Kier molecular flexibility index (Phi) is 9.82. The molecular formula is C39H64O8. The van der Waals surface area contributed by atoms with E-state index in [0.29, 0.717) is 24.2 Å². The lowest BCUT2D eigenvalue weighted by atomic mass is 9.40. The Balaban J connectivity index is 1.41. The van der Waals surface area contributed by atoms with Gasteiger partial charge in [0.1, 0.15) is 24.4 Å². The van der Waals surface area contributed by atoms with Crippen molar-refractivity contribution in [3.05, 3.63) is 23.8 Å². The van der Waals surface area contributed by atoms with Gasteiger partial charge >= 0.3 is 5.97 Å². The van der Waals surface area contributed by atoms with Crippen LogP contribution in [0.2, 0.25) is 0 Å². The quantitative estimate of drug-likeness (QED) is 0.148. The van der Waals surface area contributed by atoms with Crippen LogP contribution in [0.15, 0.2) is 23.8 Å². The highest BCUT2D eigenvalue weighted by atomic mass is 16.7. The van der Waals surface area contributed by atoms with E-state index in [2.05, 4.69) is 75.0 Å². The van der Waals surface area contributed by atoms with E-state index < -0.39 is 48.7 Å². The summed E-state index contributed by atoms with van der Waals surface area (Å²) in [6.45, 7) is 24.2. The molecule has 4 aliphatic carbocycles. The lowest BCUT2D eigenvalue weighted by Gasteiger charge is -2.64. The average Bonchev–Trinajstić information content (AvgIpc) is 3.32. The summed E-state index contributed by atoms with van der Waals surface area (Å²) in [5.74, 6) is 0.791. The molecule has 0 spiro atoms. The molecule has 5 rings (SSSR count). The standard InChI is InChI=1S/C39H64O8/c1-21(2)35(5,6)23(4)19-22(3)24-14-18-39(34(44)45)26-11-12-28-36(7,8)29(15-16-37(28,9)25(26)13-17-38(24,39)10)47-33-32(43)31(42)30(41)27(20-40)46-33/h13,22-24,26-33,40-43H,1,11-12,14-20H2,2-10H3,(H,44,45)/t22-,23?,24-,26-,27-,28+,29+,30-,31+,32-,33+,37-,38-,39+/m1/s1. The van der Waals surface area contributed by atoms with Crippen molar-refractivity contribution in [3.8, 4) is 0 Å². The molecule has 4 fully saturated rings. The number of carbonyl (C=O) groups is 1. The fourth-order valence-corrected chi connectivity index (χ4v) is 11.8. The Labute approximate surface area is 283 Å². The van der Waals surface area contributed by atoms with Crippen LogP contribution in [0, 0.1) is 56.7 Å². The summed E-state index contributed by atoms with van der Waals surface area (Å²) in [4.78, 5) is 13.7. The van der Waals surface area contributed by atoms with Gasteiger partial charge in [0.2, 0.25) is 0 Å². The lowest BCUT2D eigenvalue weighted by Crippen LogP contribution is -2.63. The number of carboxylic acids is 1. The van der Waals surface area contributed by atoms with Crippen molar-refractivity contribution in [2.24, 2.45) is 56.7 Å². The molecule has 0 bridgehead atoms. The van der Waals surface area contributed by atoms with E-state index in [9.17, 15) is 30.3 Å². The molecule has 0 radical (unpaired) electrons. The van der Waals surface area contributed by atoms with E-state index in [-0.39, 0.29) is 39.6 Å². The number of carboxylic acid groups (broad SMARTS) is 1. The fourth-order valence-electron chi connectivity index (χ4n) is 11.8. The van der Waals surface area contributed by atoms with Crippen molar-refractivity contribution < 1.29 is 39.8 Å². The van der Waals surface area contributed by atoms with Crippen LogP contribution in [0.25, 0.3) is 0 Å². The number of hydrogen-bond donors (Lipinski definition) is 5. The minimum Gasteiger partial charge on any atom is -0.481 e. The second-order valence-corrected chi connectivity index (χ2v) is 18.1. The first kappa shape index (κ1) is 37.0. The molecule has 8 nitrogen and oxygen atoms in total. The van der Waals surface area contributed by atoms with Crippen LogP contribution in [0.4, 0.5) is 0 Å². The van der Waals surface area contributed by atoms with Gasteiger partial charge in [-0.05, 0) is 110 Å². The summed E-state index contributed by atoms with van der Waals surface area (Å²) >= 11 is 0. The predicted molar refractivity (Wildman–Crippen MR) is 181 cm³/mol. The molecule has 47 heavy (non-hydrogen) atoms. The van der Waals surface area contributed by atoms with Crippen LogP contribution in [-0.4, -0.2) is 74.9 Å². The van der Waals surface area contributed by atoms with Gasteiger partial charge in [0.25, 0.3) is 0 Å². The summed E-state index contributed by atoms with van der Waals surface area (Å²) in [6, 6.07) is 0. The van der Waals surface area contributed by atoms with Gasteiger partial charge in [-0.15, -0.1) is 0 Å². The number of fused-ring (bicyclic) bond motifs is 5. The molecule has 1 saturated heterocycles. The van der Waals surface area contributed by atoms with Crippen LogP contribution in [0.5, 0.6) is 0 Å².